The molecule has 120 valence electrons. The van der Waals surface area contributed by atoms with Gasteiger partial charge >= 0.3 is 0 Å². The Morgan fingerprint density at radius 2 is 1.54 bits per heavy atom. The third-order valence-electron chi connectivity index (χ3n) is 3.59. The van der Waals surface area contributed by atoms with E-state index in [-0.39, 0.29) is 11.6 Å². The lowest BCUT2D eigenvalue weighted by atomic mass is 10.2. The molecular formula is C19H18N4O. The molecule has 1 aliphatic rings. The lowest BCUT2D eigenvalue weighted by Gasteiger charge is -2.15. The van der Waals surface area contributed by atoms with Gasteiger partial charge in [-0.05, 0) is 38.1 Å². The Hall–Kier alpha value is -3.21. The fraction of sp³-hybridized carbons (Fsp3) is 0.105. The van der Waals surface area contributed by atoms with Gasteiger partial charge in [-0.3, -0.25) is 4.79 Å². The fourth-order valence-corrected chi connectivity index (χ4v) is 2.21. The Balaban J connectivity index is 1.94. The van der Waals surface area contributed by atoms with Crippen molar-refractivity contribution in [2.24, 2.45) is 15.7 Å². The lowest BCUT2D eigenvalue weighted by Crippen LogP contribution is -2.30. The van der Waals surface area contributed by atoms with E-state index in [4.69, 9.17) is 5.73 Å². The van der Waals surface area contributed by atoms with Gasteiger partial charge < -0.3 is 11.1 Å². The summed E-state index contributed by atoms with van der Waals surface area (Å²) in [5, 5.41) is 3.19. The number of amidine groups is 2. The zero-order chi connectivity index (χ0) is 17.1. The van der Waals surface area contributed by atoms with Gasteiger partial charge in [0, 0.05) is 11.8 Å². The van der Waals surface area contributed by atoms with Crippen molar-refractivity contribution < 1.29 is 4.79 Å². The van der Waals surface area contributed by atoms with E-state index in [0.717, 1.165) is 22.5 Å². The minimum Gasteiger partial charge on any atom is -0.380 e. The van der Waals surface area contributed by atoms with Crippen LogP contribution in [0, 0.1) is 13.8 Å². The molecule has 5 nitrogen and oxygen atoms in total. The Bertz CT molecular complexity index is 859. The van der Waals surface area contributed by atoms with E-state index in [1.807, 2.05) is 62.4 Å². The highest BCUT2D eigenvalue weighted by atomic mass is 16.1. The van der Waals surface area contributed by atoms with Crippen molar-refractivity contribution in [2.45, 2.75) is 13.8 Å². The number of rotatable bonds is 3. The number of aliphatic imine (C=N–C) groups is 2. The molecule has 0 aromatic heterocycles. The van der Waals surface area contributed by atoms with E-state index in [9.17, 15) is 4.79 Å². The molecule has 0 aliphatic carbocycles. The van der Waals surface area contributed by atoms with E-state index >= 15 is 0 Å². The van der Waals surface area contributed by atoms with Crippen LogP contribution in [-0.4, -0.2) is 17.5 Å². The summed E-state index contributed by atoms with van der Waals surface area (Å²) in [7, 11) is 0. The van der Waals surface area contributed by atoms with E-state index < -0.39 is 0 Å². The van der Waals surface area contributed by atoms with Crippen molar-refractivity contribution in [3.63, 3.8) is 0 Å². The number of hydrogen-bond donors (Lipinski definition) is 2. The van der Waals surface area contributed by atoms with Gasteiger partial charge in [-0.1, -0.05) is 35.4 Å². The van der Waals surface area contributed by atoms with Gasteiger partial charge in [-0.2, -0.15) is 0 Å². The zero-order valence-corrected chi connectivity index (χ0v) is 13.6. The molecule has 0 unspecified atom stereocenters. The monoisotopic (exact) mass is 318 g/mol. The maximum atomic E-state index is 11.9. The van der Waals surface area contributed by atoms with Gasteiger partial charge in [0.1, 0.15) is 0 Å². The second-order valence-electron chi connectivity index (χ2n) is 5.68. The molecule has 0 fully saturated rings. The first kappa shape index (κ1) is 15.7. The first-order valence-electron chi connectivity index (χ1n) is 7.61. The molecule has 3 N–H and O–H groups in total. The third-order valence-corrected chi connectivity index (χ3v) is 3.59. The molecule has 2 aromatic carbocycles. The summed E-state index contributed by atoms with van der Waals surface area (Å²) >= 11 is 0. The number of anilines is 1. The Morgan fingerprint density at radius 1 is 0.958 bits per heavy atom. The molecule has 2 aromatic rings. The maximum Gasteiger partial charge on any atom is 0.222 e. The van der Waals surface area contributed by atoms with Gasteiger partial charge in [0.15, 0.2) is 11.7 Å². The largest absolute Gasteiger partial charge is 0.380 e. The highest BCUT2D eigenvalue weighted by Gasteiger charge is 2.18. The summed E-state index contributed by atoms with van der Waals surface area (Å²) in [5.41, 5.74) is 10.1. The molecular weight excluding hydrogens is 300 g/mol. The summed E-state index contributed by atoms with van der Waals surface area (Å²) in [5.74, 6) is -0.000635. The van der Waals surface area contributed by atoms with Crippen molar-refractivity contribution in [3.05, 3.63) is 71.4 Å². The second-order valence-corrected chi connectivity index (χ2v) is 5.68. The van der Waals surface area contributed by atoms with Crippen LogP contribution in [-0.2, 0) is 4.79 Å². The third kappa shape index (κ3) is 3.57. The predicted molar refractivity (Wildman–Crippen MR) is 97.8 cm³/mol. The SMILES string of the molecule is Cc1ccc(N=C2N=C(N)C(=O)C=C2Nc2ccc(C)cc2)cc1. The van der Waals surface area contributed by atoms with Crippen LogP contribution >= 0.6 is 0 Å². The molecule has 0 saturated heterocycles. The van der Waals surface area contributed by atoms with Gasteiger partial charge in [-0.15, -0.1) is 0 Å². The number of nitrogens with one attached hydrogen (secondary N) is 1. The number of nitrogens with two attached hydrogens (primary N) is 1. The minimum atomic E-state index is -0.326. The van der Waals surface area contributed by atoms with E-state index in [1.54, 1.807) is 0 Å². The molecule has 0 atom stereocenters. The number of nitrogens with zero attached hydrogens (tertiary/aromatic N) is 2. The van der Waals surface area contributed by atoms with Crippen LogP contribution in [0.1, 0.15) is 11.1 Å². The fourth-order valence-electron chi connectivity index (χ4n) is 2.21. The first-order valence-corrected chi connectivity index (χ1v) is 7.61. The Labute approximate surface area is 140 Å². The van der Waals surface area contributed by atoms with Crippen molar-refractivity contribution in [2.75, 3.05) is 5.32 Å². The molecule has 0 amide bonds. The molecule has 0 saturated carbocycles. The molecule has 1 heterocycles. The first-order chi connectivity index (χ1) is 11.5. The number of carbonyl (C=O) groups is 1. The average Bonchev–Trinajstić information content (AvgIpc) is 2.56. The van der Waals surface area contributed by atoms with E-state index in [2.05, 4.69) is 15.3 Å². The number of dihydropyridines is 1. The highest BCUT2D eigenvalue weighted by molar-refractivity contribution is 6.47. The van der Waals surface area contributed by atoms with Crippen molar-refractivity contribution in [3.8, 4) is 0 Å². The standard InChI is InChI=1S/C19H18N4O/c1-12-3-7-14(8-4-12)21-16-11-17(24)18(20)23-19(16)22-15-9-5-13(2)6-10-15/h3-11,21H,1-2H3,(H2,20,22,23). The van der Waals surface area contributed by atoms with Crippen LogP contribution in [0.3, 0.4) is 0 Å². The van der Waals surface area contributed by atoms with Gasteiger partial charge in [0.2, 0.25) is 5.78 Å². The van der Waals surface area contributed by atoms with Crippen molar-refractivity contribution >= 4 is 28.8 Å². The highest BCUT2D eigenvalue weighted by Crippen LogP contribution is 2.19. The number of ketones is 1. The summed E-state index contributed by atoms with van der Waals surface area (Å²) in [4.78, 5) is 20.5. The number of benzene rings is 2. The summed E-state index contributed by atoms with van der Waals surface area (Å²) in [6, 6.07) is 15.6. The van der Waals surface area contributed by atoms with Crippen molar-refractivity contribution in [1.29, 1.82) is 0 Å². The van der Waals surface area contributed by atoms with Crippen LogP contribution in [0.2, 0.25) is 0 Å². The van der Waals surface area contributed by atoms with Crippen molar-refractivity contribution in [1.82, 2.24) is 0 Å². The average molecular weight is 318 g/mol. The Morgan fingerprint density at radius 3 is 2.17 bits per heavy atom. The maximum absolute atomic E-state index is 11.9. The van der Waals surface area contributed by atoms with Crippen LogP contribution in [0.25, 0.3) is 0 Å². The Kier molecular flexibility index (Phi) is 4.24. The molecule has 0 bridgehead atoms. The number of hydrogen-bond acceptors (Lipinski definition) is 4. The summed E-state index contributed by atoms with van der Waals surface area (Å²) < 4.78 is 0. The minimum absolute atomic E-state index is 0.0599. The van der Waals surface area contributed by atoms with Crippen LogP contribution < -0.4 is 11.1 Å². The van der Waals surface area contributed by atoms with E-state index in [1.165, 1.54) is 6.08 Å². The van der Waals surface area contributed by atoms with E-state index in [0.29, 0.717) is 11.5 Å². The smallest absolute Gasteiger partial charge is 0.222 e. The van der Waals surface area contributed by atoms with Crippen LogP contribution in [0.4, 0.5) is 11.4 Å². The molecule has 0 radical (unpaired) electrons. The molecule has 5 heteroatoms. The molecule has 3 rings (SSSR count). The quantitative estimate of drug-likeness (QED) is 0.911. The molecule has 0 spiro atoms. The normalized spacial score (nSPS) is 15.9. The summed E-state index contributed by atoms with van der Waals surface area (Å²) in [6.07, 6.45) is 1.43. The van der Waals surface area contributed by atoms with Gasteiger partial charge in [0.05, 0.1) is 11.4 Å². The molecule has 1 aliphatic heterocycles. The van der Waals surface area contributed by atoms with Gasteiger partial charge in [0.25, 0.3) is 0 Å². The number of carbonyl (C=O) groups excluding carboxylic acids is 1. The zero-order valence-electron chi connectivity index (χ0n) is 13.6. The van der Waals surface area contributed by atoms with Gasteiger partial charge in [-0.25, -0.2) is 9.98 Å². The van der Waals surface area contributed by atoms with Crippen LogP contribution in [0.15, 0.2) is 70.3 Å². The second kappa shape index (κ2) is 6.50. The predicted octanol–water partition coefficient (Wildman–Crippen LogP) is 3.27. The summed E-state index contributed by atoms with van der Waals surface area (Å²) in [6.45, 7) is 4.03. The number of aryl methyl sites for hydroxylation is 2. The topological polar surface area (TPSA) is 79.8 Å². The lowest BCUT2D eigenvalue weighted by molar-refractivity contribution is -0.109. The molecule has 24 heavy (non-hydrogen) atoms. The van der Waals surface area contributed by atoms with Crippen LogP contribution in [0.5, 0.6) is 0 Å².